The molecular formula is C18H29N3O2S. The van der Waals surface area contributed by atoms with E-state index in [2.05, 4.69) is 15.2 Å². The van der Waals surface area contributed by atoms with Gasteiger partial charge >= 0.3 is 5.97 Å². The molecule has 0 aromatic carbocycles. The number of hydrogen-bond acceptors (Lipinski definition) is 6. The van der Waals surface area contributed by atoms with Gasteiger partial charge in [0.25, 0.3) is 0 Å². The van der Waals surface area contributed by atoms with Gasteiger partial charge in [-0.15, -0.1) is 11.3 Å². The van der Waals surface area contributed by atoms with Gasteiger partial charge < -0.3 is 10.1 Å². The first-order valence-electron chi connectivity index (χ1n) is 8.88. The predicted molar refractivity (Wildman–Crippen MR) is 95.9 cm³/mol. The highest BCUT2D eigenvalue weighted by atomic mass is 32.1. The van der Waals surface area contributed by atoms with Gasteiger partial charge in [0.05, 0.1) is 19.1 Å². The molecule has 1 spiro atoms. The van der Waals surface area contributed by atoms with E-state index in [1.165, 1.54) is 31.4 Å². The Morgan fingerprint density at radius 3 is 2.88 bits per heavy atom. The summed E-state index contributed by atoms with van der Waals surface area (Å²) in [6.07, 6.45) is 6.53. The quantitative estimate of drug-likeness (QED) is 0.766. The molecule has 24 heavy (non-hydrogen) atoms. The van der Waals surface area contributed by atoms with Crippen LogP contribution in [-0.2, 0) is 16.1 Å². The van der Waals surface area contributed by atoms with E-state index in [0.29, 0.717) is 11.5 Å². The van der Waals surface area contributed by atoms with Crippen LogP contribution < -0.4 is 5.32 Å². The van der Waals surface area contributed by atoms with E-state index in [4.69, 9.17) is 4.74 Å². The number of carbonyl (C=O) groups is 1. The molecule has 6 heteroatoms. The first-order chi connectivity index (χ1) is 11.5. The fraction of sp³-hybridized carbons (Fsp3) is 0.778. The highest BCUT2D eigenvalue weighted by Gasteiger charge is 2.56. The molecule has 2 aliphatic rings. The highest BCUT2D eigenvalue weighted by molar-refractivity contribution is 7.09. The Kier molecular flexibility index (Phi) is 5.27. The van der Waals surface area contributed by atoms with Gasteiger partial charge in [-0.3, -0.25) is 9.69 Å². The summed E-state index contributed by atoms with van der Waals surface area (Å²) in [5.41, 5.74) is 0.0595. The second-order valence-electron chi connectivity index (χ2n) is 7.85. The zero-order valence-electron chi connectivity index (χ0n) is 15.0. The molecule has 2 heterocycles. The van der Waals surface area contributed by atoms with Gasteiger partial charge in [0.2, 0.25) is 0 Å². The SMILES string of the molecule is COC(=O)C(C)(C)CCN(Cc1nccs1)C1CC12CCNCC2. The third kappa shape index (κ3) is 3.81. The Balaban J connectivity index is 1.65. The minimum absolute atomic E-state index is 0.121. The first-order valence-corrected chi connectivity index (χ1v) is 9.76. The van der Waals surface area contributed by atoms with Gasteiger partial charge in [-0.05, 0) is 64.6 Å². The number of nitrogens with one attached hydrogen (secondary N) is 1. The molecule has 1 N–H and O–H groups in total. The van der Waals surface area contributed by atoms with Gasteiger partial charge in [-0.2, -0.15) is 0 Å². The maximum absolute atomic E-state index is 12.0. The summed E-state index contributed by atoms with van der Waals surface area (Å²) in [7, 11) is 1.47. The van der Waals surface area contributed by atoms with Gasteiger partial charge in [-0.25, -0.2) is 4.98 Å². The molecule has 134 valence electrons. The van der Waals surface area contributed by atoms with Crippen LogP contribution >= 0.6 is 11.3 Å². The van der Waals surface area contributed by atoms with E-state index in [9.17, 15) is 4.79 Å². The minimum Gasteiger partial charge on any atom is -0.469 e. The lowest BCUT2D eigenvalue weighted by molar-refractivity contribution is -0.151. The van der Waals surface area contributed by atoms with Crippen LogP contribution in [0.25, 0.3) is 0 Å². The number of aromatic nitrogens is 1. The van der Waals surface area contributed by atoms with Crippen molar-refractivity contribution in [1.82, 2.24) is 15.2 Å². The molecule has 1 aromatic heterocycles. The fourth-order valence-electron chi connectivity index (χ4n) is 3.96. The maximum atomic E-state index is 12.0. The number of piperidine rings is 1. The second-order valence-corrected chi connectivity index (χ2v) is 8.83. The Hall–Kier alpha value is -0.980. The lowest BCUT2D eigenvalue weighted by atomic mass is 9.89. The van der Waals surface area contributed by atoms with Crippen LogP contribution in [0.15, 0.2) is 11.6 Å². The van der Waals surface area contributed by atoms with Crippen LogP contribution in [0.2, 0.25) is 0 Å². The Morgan fingerprint density at radius 2 is 2.25 bits per heavy atom. The van der Waals surface area contributed by atoms with Crippen molar-refractivity contribution in [1.29, 1.82) is 0 Å². The smallest absolute Gasteiger partial charge is 0.311 e. The van der Waals surface area contributed by atoms with Crippen molar-refractivity contribution in [3.05, 3.63) is 16.6 Å². The standard InChI is InChI=1S/C18H29N3O2S/c1-17(2,16(22)23-3)6-10-21(13-15-20-9-11-24-15)14-12-18(14)4-7-19-8-5-18/h9,11,14,19H,4-8,10,12-13H2,1-3H3. The Labute approximate surface area is 148 Å². The summed E-state index contributed by atoms with van der Waals surface area (Å²) in [5.74, 6) is -0.121. The molecule has 5 nitrogen and oxygen atoms in total. The molecule has 0 bridgehead atoms. The van der Waals surface area contributed by atoms with E-state index in [1.54, 1.807) is 11.3 Å². The van der Waals surface area contributed by atoms with Crippen molar-refractivity contribution in [3.63, 3.8) is 0 Å². The van der Waals surface area contributed by atoms with Crippen LogP contribution in [0.5, 0.6) is 0 Å². The zero-order valence-corrected chi connectivity index (χ0v) is 15.8. The fourth-order valence-corrected chi connectivity index (χ4v) is 4.60. The number of nitrogens with zero attached hydrogens (tertiary/aromatic N) is 2. The van der Waals surface area contributed by atoms with Crippen molar-refractivity contribution >= 4 is 17.3 Å². The van der Waals surface area contributed by atoms with Crippen molar-refractivity contribution in [2.75, 3.05) is 26.7 Å². The number of esters is 1. The van der Waals surface area contributed by atoms with E-state index in [0.717, 1.165) is 32.6 Å². The molecule has 1 aromatic rings. The molecule has 1 aliphatic carbocycles. The summed E-state index contributed by atoms with van der Waals surface area (Å²) in [5, 5.41) is 6.68. The number of thiazole rings is 1. The molecule has 1 unspecified atom stereocenters. The van der Waals surface area contributed by atoms with Crippen molar-refractivity contribution in [3.8, 4) is 0 Å². The normalized spacial score (nSPS) is 22.8. The molecular weight excluding hydrogens is 322 g/mol. The number of hydrogen-bond donors (Lipinski definition) is 1. The largest absolute Gasteiger partial charge is 0.469 e. The number of rotatable bonds is 7. The average Bonchev–Trinajstić information content (AvgIpc) is 3.02. The molecule has 1 atom stereocenters. The monoisotopic (exact) mass is 351 g/mol. The average molecular weight is 352 g/mol. The van der Waals surface area contributed by atoms with Crippen LogP contribution in [0.3, 0.4) is 0 Å². The van der Waals surface area contributed by atoms with Gasteiger partial charge in [0.15, 0.2) is 0 Å². The molecule has 0 amide bonds. The second kappa shape index (κ2) is 7.10. The van der Waals surface area contributed by atoms with E-state index in [1.807, 2.05) is 25.4 Å². The summed E-state index contributed by atoms with van der Waals surface area (Å²) in [4.78, 5) is 19.0. The molecule has 0 radical (unpaired) electrons. The molecule has 3 rings (SSSR count). The summed E-state index contributed by atoms with van der Waals surface area (Å²) in [6.45, 7) is 8.04. The molecule has 1 saturated carbocycles. The lowest BCUT2D eigenvalue weighted by Gasteiger charge is -2.31. The Bertz CT molecular complexity index is 553. The van der Waals surface area contributed by atoms with Crippen molar-refractivity contribution < 1.29 is 9.53 Å². The summed E-state index contributed by atoms with van der Waals surface area (Å²) in [6, 6.07) is 0.636. The summed E-state index contributed by atoms with van der Waals surface area (Å²) < 4.78 is 4.96. The summed E-state index contributed by atoms with van der Waals surface area (Å²) >= 11 is 1.72. The van der Waals surface area contributed by atoms with Gasteiger partial charge in [-0.1, -0.05) is 0 Å². The zero-order chi connectivity index (χ0) is 17.2. The maximum Gasteiger partial charge on any atom is 0.311 e. The van der Waals surface area contributed by atoms with E-state index >= 15 is 0 Å². The Morgan fingerprint density at radius 1 is 1.50 bits per heavy atom. The predicted octanol–water partition coefficient (Wildman–Crippen LogP) is 2.68. The molecule has 1 aliphatic heterocycles. The van der Waals surface area contributed by atoms with Crippen molar-refractivity contribution in [2.24, 2.45) is 10.8 Å². The number of methoxy groups -OCH3 is 1. The van der Waals surface area contributed by atoms with E-state index in [-0.39, 0.29) is 5.97 Å². The van der Waals surface area contributed by atoms with Crippen LogP contribution in [-0.4, -0.2) is 48.6 Å². The van der Waals surface area contributed by atoms with Gasteiger partial charge in [0.1, 0.15) is 5.01 Å². The third-order valence-corrected chi connectivity index (χ3v) is 6.53. The molecule has 2 fully saturated rings. The number of ether oxygens (including phenoxy) is 1. The minimum atomic E-state index is -0.438. The lowest BCUT2D eigenvalue weighted by Crippen LogP contribution is -2.38. The van der Waals surface area contributed by atoms with Gasteiger partial charge in [0, 0.05) is 17.6 Å². The highest BCUT2D eigenvalue weighted by Crippen LogP contribution is 2.56. The van der Waals surface area contributed by atoms with Crippen LogP contribution in [0, 0.1) is 10.8 Å². The van der Waals surface area contributed by atoms with Crippen LogP contribution in [0.1, 0.15) is 44.5 Å². The molecule has 1 saturated heterocycles. The topological polar surface area (TPSA) is 54.5 Å². The number of carbonyl (C=O) groups excluding carboxylic acids is 1. The first kappa shape index (κ1) is 17.8. The third-order valence-electron chi connectivity index (χ3n) is 5.77. The van der Waals surface area contributed by atoms with E-state index < -0.39 is 5.41 Å². The van der Waals surface area contributed by atoms with Crippen molar-refractivity contribution in [2.45, 2.75) is 52.1 Å². The van der Waals surface area contributed by atoms with Crippen LogP contribution in [0.4, 0.5) is 0 Å².